The Kier molecular flexibility index (Phi) is 5.98. The van der Waals surface area contributed by atoms with E-state index < -0.39 is 0 Å². The topological polar surface area (TPSA) is 74.3 Å². The van der Waals surface area contributed by atoms with Crippen LogP contribution in [0.3, 0.4) is 0 Å². The highest BCUT2D eigenvalue weighted by Crippen LogP contribution is 2.25. The highest BCUT2D eigenvalue weighted by molar-refractivity contribution is 7.98. The lowest BCUT2D eigenvalue weighted by molar-refractivity contribution is 0.289. The van der Waals surface area contributed by atoms with E-state index in [1.807, 2.05) is 22.1 Å². The molecule has 3 aromatic heterocycles. The number of thioether (sulfide) groups is 1. The van der Waals surface area contributed by atoms with Gasteiger partial charge in [0.1, 0.15) is 12.4 Å². The molecule has 7 nitrogen and oxygen atoms in total. The fourth-order valence-electron chi connectivity index (χ4n) is 2.65. The van der Waals surface area contributed by atoms with Crippen LogP contribution >= 0.6 is 34.7 Å². The molecule has 4 aromatic rings. The fourth-order valence-corrected chi connectivity index (χ4v) is 4.44. The van der Waals surface area contributed by atoms with E-state index in [0.29, 0.717) is 44.7 Å². The summed E-state index contributed by atoms with van der Waals surface area (Å²) in [7, 11) is 0. The molecule has 4 rings (SSSR count). The molecule has 0 fully saturated rings. The number of para-hydroxylation sites is 1. The number of thiazole rings is 1. The van der Waals surface area contributed by atoms with Gasteiger partial charge < -0.3 is 4.74 Å². The number of ether oxygens (including phenoxy) is 1. The number of hydrogen-bond donors (Lipinski definition) is 0. The first-order chi connectivity index (χ1) is 14.2. The minimum atomic E-state index is -0.0896. The zero-order valence-electron chi connectivity index (χ0n) is 15.2. The third-order valence-corrected chi connectivity index (χ3v) is 6.07. The van der Waals surface area contributed by atoms with Gasteiger partial charge in [-0.1, -0.05) is 41.6 Å². The number of halogens is 1. The van der Waals surface area contributed by atoms with E-state index in [-0.39, 0.29) is 12.2 Å². The van der Waals surface area contributed by atoms with Crippen LogP contribution in [-0.2, 0) is 18.9 Å². The number of benzene rings is 1. The van der Waals surface area contributed by atoms with Crippen molar-refractivity contribution in [1.82, 2.24) is 24.1 Å². The first kappa shape index (κ1) is 19.7. The van der Waals surface area contributed by atoms with Gasteiger partial charge in [0.05, 0.1) is 10.7 Å². The molecule has 0 unspecified atom stereocenters. The van der Waals surface area contributed by atoms with Gasteiger partial charge in [0.25, 0.3) is 5.56 Å². The summed E-state index contributed by atoms with van der Waals surface area (Å²) in [6.45, 7) is 4.57. The van der Waals surface area contributed by atoms with Crippen molar-refractivity contribution >= 4 is 39.7 Å². The minimum absolute atomic E-state index is 0.0896. The van der Waals surface area contributed by atoms with Gasteiger partial charge in [-0.05, 0) is 12.1 Å². The molecular formula is C19H16ClN5O2S2. The van der Waals surface area contributed by atoms with Gasteiger partial charge in [0.2, 0.25) is 0 Å². The average Bonchev–Trinajstić information content (AvgIpc) is 3.34. The van der Waals surface area contributed by atoms with E-state index in [0.717, 1.165) is 0 Å². The largest absolute Gasteiger partial charge is 0.484 e. The van der Waals surface area contributed by atoms with Gasteiger partial charge in [0, 0.05) is 29.9 Å². The molecular weight excluding hydrogens is 430 g/mol. The summed E-state index contributed by atoms with van der Waals surface area (Å²) in [4.78, 5) is 17.3. The van der Waals surface area contributed by atoms with Crippen molar-refractivity contribution in [2.75, 3.05) is 0 Å². The number of allylic oxidation sites excluding steroid dienone is 1. The van der Waals surface area contributed by atoms with Crippen LogP contribution in [0.25, 0.3) is 4.96 Å². The molecule has 0 aliphatic carbocycles. The van der Waals surface area contributed by atoms with Gasteiger partial charge in [-0.25, -0.2) is 4.98 Å². The quantitative estimate of drug-likeness (QED) is 0.301. The summed E-state index contributed by atoms with van der Waals surface area (Å²) in [6, 6.07) is 8.82. The fraction of sp³-hybridized carbons (Fsp3) is 0.158. The molecule has 0 N–H and O–H groups in total. The molecule has 0 aliphatic rings. The van der Waals surface area contributed by atoms with Crippen molar-refractivity contribution in [3.8, 4) is 5.75 Å². The molecule has 0 aliphatic heterocycles. The second-order valence-corrected chi connectivity index (χ2v) is 8.17. The smallest absolute Gasteiger partial charge is 0.258 e. The molecule has 0 saturated heterocycles. The molecule has 0 radical (unpaired) electrons. The van der Waals surface area contributed by atoms with E-state index in [1.54, 1.807) is 30.5 Å². The Hall–Kier alpha value is -2.62. The summed E-state index contributed by atoms with van der Waals surface area (Å²) in [5.74, 6) is 1.75. The maximum absolute atomic E-state index is 12.1. The Labute approximate surface area is 179 Å². The molecule has 0 spiro atoms. The van der Waals surface area contributed by atoms with Crippen LogP contribution < -0.4 is 10.3 Å². The third kappa shape index (κ3) is 4.36. The molecule has 1 aromatic carbocycles. The Balaban J connectivity index is 1.50. The summed E-state index contributed by atoms with van der Waals surface area (Å²) < 4.78 is 9.24. The average molecular weight is 446 g/mol. The number of fused-ring (bicyclic) bond motifs is 1. The second-order valence-electron chi connectivity index (χ2n) is 5.95. The Bertz CT molecular complexity index is 1220. The van der Waals surface area contributed by atoms with Crippen molar-refractivity contribution in [3.63, 3.8) is 0 Å². The van der Waals surface area contributed by atoms with Gasteiger partial charge >= 0.3 is 0 Å². The summed E-state index contributed by atoms with van der Waals surface area (Å²) in [5.41, 5.74) is 0.609. The van der Waals surface area contributed by atoms with Crippen molar-refractivity contribution in [1.29, 1.82) is 0 Å². The number of nitrogens with zero attached hydrogens (tertiary/aromatic N) is 5. The highest BCUT2D eigenvalue weighted by Gasteiger charge is 2.14. The predicted molar refractivity (Wildman–Crippen MR) is 115 cm³/mol. The second kappa shape index (κ2) is 8.81. The standard InChI is InChI=1S/C19H16ClN5O2S2/c1-2-7-24-16(11-27-15-6-4-3-5-14(15)20)22-23-19(24)29-12-13-10-17(26)25-8-9-28-18(25)21-13/h2-6,8-10H,1,7,11-12H2. The van der Waals surface area contributed by atoms with Crippen molar-refractivity contribution in [2.24, 2.45) is 0 Å². The van der Waals surface area contributed by atoms with Crippen molar-refractivity contribution < 1.29 is 4.74 Å². The highest BCUT2D eigenvalue weighted by atomic mass is 35.5. The number of rotatable bonds is 8. The SMILES string of the molecule is C=CCn1c(COc2ccccc2Cl)nnc1SCc1cc(=O)n2ccsc2n1. The zero-order chi connectivity index (χ0) is 20.2. The normalized spacial score (nSPS) is 11.1. The first-order valence-corrected chi connectivity index (χ1v) is 10.9. The maximum atomic E-state index is 12.1. The lowest BCUT2D eigenvalue weighted by atomic mass is 10.3. The van der Waals surface area contributed by atoms with E-state index in [4.69, 9.17) is 16.3 Å². The van der Waals surface area contributed by atoms with Crippen LogP contribution in [0.5, 0.6) is 5.75 Å². The summed E-state index contributed by atoms with van der Waals surface area (Å²) >= 11 is 9.03. The van der Waals surface area contributed by atoms with Crippen LogP contribution in [-0.4, -0.2) is 24.1 Å². The lowest BCUT2D eigenvalue weighted by Gasteiger charge is -2.10. The van der Waals surface area contributed by atoms with E-state index in [1.165, 1.54) is 27.5 Å². The lowest BCUT2D eigenvalue weighted by Crippen LogP contribution is -2.12. The Morgan fingerprint density at radius 1 is 1.31 bits per heavy atom. The van der Waals surface area contributed by atoms with Crippen LogP contribution in [0.2, 0.25) is 5.02 Å². The molecule has 29 heavy (non-hydrogen) atoms. The van der Waals surface area contributed by atoms with Crippen LogP contribution in [0.15, 0.2) is 64.5 Å². The Morgan fingerprint density at radius 3 is 3.00 bits per heavy atom. The van der Waals surface area contributed by atoms with E-state index in [2.05, 4.69) is 21.8 Å². The monoisotopic (exact) mass is 445 g/mol. The minimum Gasteiger partial charge on any atom is -0.484 e. The molecule has 0 bridgehead atoms. The zero-order valence-corrected chi connectivity index (χ0v) is 17.6. The van der Waals surface area contributed by atoms with Gasteiger partial charge in [-0.3, -0.25) is 13.8 Å². The number of hydrogen-bond acceptors (Lipinski definition) is 7. The van der Waals surface area contributed by atoms with E-state index >= 15 is 0 Å². The van der Waals surface area contributed by atoms with Crippen molar-refractivity contribution in [3.05, 3.63) is 81.5 Å². The molecule has 0 saturated carbocycles. The van der Waals surface area contributed by atoms with E-state index in [9.17, 15) is 4.79 Å². The maximum Gasteiger partial charge on any atom is 0.258 e. The van der Waals surface area contributed by atoms with Crippen LogP contribution in [0.4, 0.5) is 0 Å². The molecule has 148 valence electrons. The van der Waals surface area contributed by atoms with Crippen LogP contribution in [0, 0.1) is 0 Å². The van der Waals surface area contributed by atoms with Gasteiger partial charge in [-0.2, -0.15) is 0 Å². The Morgan fingerprint density at radius 2 is 2.17 bits per heavy atom. The van der Waals surface area contributed by atoms with Crippen LogP contribution in [0.1, 0.15) is 11.5 Å². The predicted octanol–water partition coefficient (Wildman–Crippen LogP) is 4.06. The molecule has 10 heteroatoms. The van der Waals surface area contributed by atoms with Gasteiger partial charge in [0.15, 0.2) is 15.9 Å². The third-order valence-electron chi connectivity index (χ3n) is 4.00. The van der Waals surface area contributed by atoms with Gasteiger partial charge in [-0.15, -0.1) is 28.1 Å². The molecule has 3 heterocycles. The van der Waals surface area contributed by atoms with Crippen molar-refractivity contribution in [2.45, 2.75) is 24.1 Å². The summed E-state index contributed by atoms with van der Waals surface area (Å²) in [6.07, 6.45) is 3.49. The molecule has 0 atom stereocenters. The molecule has 0 amide bonds. The number of aromatic nitrogens is 5. The first-order valence-electron chi connectivity index (χ1n) is 8.64. The summed E-state index contributed by atoms with van der Waals surface area (Å²) in [5, 5.41) is 11.6.